The van der Waals surface area contributed by atoms with Crippen molar-refractivity contribution in [1.29, 1.82) is 0 Å². The summed E-state index contributed by atoms with van der Waals surface area (Å²) in [6.07, 6.45) is 3.53. The van der Waals surface area contributed by atoms with Crippen LogP contribution in [0.5, 0.6) is 0 Å². The van der Waals surface area contributed by atoms with Crippen LogP contribution in [0.1, 0.15) is 19.3 Å². The van der Waals surface area contributed by atoms with Crippen molar-refractivity contribution in [1.82, 2.24) is 15.2 Å². The molecule has 0 bridgehead atoms. The van der Waals surface area contributed by atoms with Crippen LogP contribution in [0.3, 0.4) is 0 Å². The van der Waals surface area contributed by atoms with Gasteiger partial charge in [0.2, 0.25) is 5.28 Å². The van der Waals surface area contributed by atoms with Crippen LogP contribution in [0.4, 0.5) is 5.82 Å². The molecule has 0 unspecified atom stereocenters. The third-order valence-corrected chi connectivity index (χ3v) is 2.84. The summed E-state index contributed by atoms with van der Waals surface area (Å²) >= 11 is 11.4. The maximum Gasteiger partial charge on any atom is 0.245 e. The minimum Gasteiger partial charge on any atom is -0.381 e. The maximum absolute atomic E-state index is 5.80. The van der Waals surface area contributed by atoms with Gasteiger partial charge in [-0.1, -0.05) is 11.6 Å². The quantitative estimate of drug-likeness (QED) is 0.775. The van der Waals surface area contributed by atoms with Gasteiger partial charge in [-0.15, -0.1) is 10.2 Å². The Labute approximate surface area is 110 Å². The number of hydrogen-bond acceptors (Lipinski definition) is 5. The summed E-state index contributed by atoms with van der Waals surface area (Å²) in [4.78, 5) is 3.94. The Morgan fingerprint density at radius 1 is 1.29 bits per heavy atom. The van der Waals surface area contributed by atoms with Crippen LogP contribution in [-0.2, 0) is 4.74 Å². The highest BCUT2D eigenvalue weighted by atomic mass is 35.5. The number of anilines is 1. The fourth-order valence-electron chi connectivity index (χ4n) is 1.32. The first-order valence-corrected chi connectivity index (χ1v) is 6.38. The van der Waals surface area contributed by atoms with Gasteiger partial charge >= 0.3 is 0 Å². The highest BCUT2D eigenvalue weighted by Gasteiger charge is 2.20. The summed E-state index contributed by atoms with van der Waals surface area (Å²) in [5.41, 5.74) is 0. The average molecular weight is 277 g/mol. The predicted molar refractivity (Wildman–Crippen MR) is 66.5 cm³/mol. The molecule has 17 heavy (non-hydrogen) atoms. The van der Waals surface area contributed by atoms with E-state index in [-0.39, 0.29) is 10.4 Å². The van der Waals surface area contributed by atoms with Gasteiger partial charge in [-0.25, -0.2) is 0 Å². The number of ether oxygens (including phenoxy) is 1. The number of nitrogens with zero attached hydrogens (tertiary/aromatic N) is 3. The van der Waals surface area contributed by atoms with Crippen molar-refractivity contribution in [3.05, 3.63) is 10.4 Å². The van der Waals surface area contributed by atoms with E-state index in [1.807, 2.05) is 0 Å². The fourth-order valence-corrected chi connectivity index (χ4v) is 1.59. The Morgan fingerprint density at radius 3 is 2.88 bits per heavy atom. The summed E-state index contributed by atoms with van der Waals surface area (Å²) < 4.78 is 5.50. The second-order valence-electron chi connectivity index (χ2n) is 4.02. The lowest BCUT2D eigenvalue weighted by Gasteiger charge is -2.06. The van der Waals surface area contributed by atoms with E-state index in [1.165, 1.54) is 12.8 Å². The molecule has 0 spiro atoms. The van der Waals surface area contributed by atoms with Crippen molar-refractivity contribution >= 4 is 29.0 Å². The van der Waals surface area contributed by atoms with E-state index < -0.39 is 0 Å². The molecule has 0 aliphatic heterocycles. The van der Waals surface area contributed by atoms with Crippen LogP contribution in [0, 0.1) is 5.92 Å². The largest absolute Gasteiger partial charge is 0.381 e. The van der Waals surface area contributed by atoms with Crippen LogP contribution < -0.4 is 5.32 Å². The van der Waals surface area contributed by atoms with Gasteiger partial charge in [0.1, 0.15) is 0 Å². The van der Waals surface area contributed by atoms with E-state index in [0.29, 0.717) is 5.82 Å². The molecular formula is C10H14Cl2N4O. The summed E-state index contributed by atoms with van der Waals surface area (Å²) in [6, 6.07) is 0. The molecule has 5 nitrogen and oxygen atoms in total. The van der Waals surface area contributed by atoms with Crippen molar-refractivity contribution in [2.45, 2.75) is 19.3 Å². The maximum atomic E-state index is 5.80. The van der Waals surface area contributed by atoms with E-state index in [1.54, 1.807) is 0 Å². The van der Waals surface area contributed by atoms with E-state index in [9.17, 15) is 0 Å². The molecule has 1 heterocycles. The monoisotopic (exact) mass is 276 g/mol. The average Bonchev–Trinajstić information content (AvgIpc) is 3.11. The van der Waals surface area contributed by atoms with E-state index in [0.717, 1.165) is 32.1 Å². The molecule has 7 heteroatoms. The van der Waals surface area contributed by atoms with Gasteiger partial charge in [-0.05, 0) is 36.8 Å². The third-order valence-electron chi connectivity index (χ3n) is 2.43. The minimum absolute atomic E-state index is 0.0851. The van der Waals surface area contributed by atoms with Gasteiger partial charge in [-0.3, -0.25) is 0 Å². The molecule has 0 saturated heterocycles. The smallest absolute Gasteiger partial charge is 0.245 e. The first kappa shape index (κ1) is 12.8. The molecule has 1 N–H and O–H groups in total. The molecular weight excluding hydrogens is 263 g/mol. The summed E-state index contributed by atoms with van der Waals surface area (Å²) in [5.74, 6) is 1.27. The van der Waals surface area contributed by atoms with Crippen LogP contribution >= 0.6 is 23.2 Å². The highest BCUT2D eigenvalue weighted by molar-refractivity contribution is 6.32. The fraction of sp³-hybridized carbons (Fsp3) is 0.700. The SMILES string of the molecule is Clc1nnc(Cl)c(NCCCOCC2CC2)n1. The molecule has 1 aliphatic carbocycles. The van der Waals surface area contributed by atoms with E-state index in [4.69, 9.17) is 27.9 Å². The molecule has 0 atom stereocenters. The number of aromatic nitrogens is 3. The second-order valence-corrected chi connectivity index (χ2v) is 4.71. The number of nitrogens with one attached hydrogen (secondary N) is 1. The first-order valence-electron chi connectivity index (χ1n) is 5.63. The molecule has 1 saturated carbocycles. The predicted octanol–water partition coefficient (Wildman–Crippen LogP) is 2.41. The second kappa shape index (κ2) is 6.33. The van der Waals surface area contributed by atoms with Crippen molar-refractivity contribution < 1.29 is 4.74 Å². The molecule has 0 amide bonds. The Hall–Kier alpha value is -0.650. The first-order chi connectivity index (χ1) is 8.25. The minimum atomic E-state index is 0.0851. The van der Waals surface area contributed by atoms with E-state index in [2.05, 4.69) is 20.5 Å². The zero-order valence-electron chi connectivity index (χ0n) is 9.33. The van der Waals surface area contributed by atoms with Crippen LogP contribution in [0.15, 0.2) is 0 Å². The van der Waals surface area contributed by atoms with Gasteiger partial charge in [0.25, 0.3) is 0 Å². The standard InChI is InChI=1S/C10H14Cl2N4O/c11-8-9(14-10(12)16-15-8)13-4-1-5-17-6-7-2-3-7/h7H,1-6H2,(H,13,14,16). The van der Waals surface area contributed by atoms with Crippen molar-refractivity contribution in [3.8, 4) is 0 Å². The highest BCUT2D eigenvalue weighted by Crippen LogP contribution is 2.28. The summed E-state index contributed by atoms with van der Waals surface area (Å²) in [5, 5.41) is 10.5. The van der Waals surface area contributed by atoms with Crippen LogP contribution in [0.25, 0.3) is 0 Å². The molecule has 0 aromatic carbocycles. The third kappa shape index (κ3) is 4.61. The van der Waals surface area contributed by atoms with Gasteiger partial charge in [0.15, 0.2) is 11.0 Å². The molecule has 94 valence electrons. The van der Waals surface area contributed by atoms with E-state index >= 15 is 0 Å². The Balaban J connectivity index is 1.61. The number of hydrogen-bond donors (Lipinski definition) is 1. The normalized spacial score (nSPS) is 14.9. The summed E-state index contributed by atoms with van der Waals surface area (Å²) in [7, 11) is 0. The molecule has 1 aromatic heterocycles. The van der Waals surface area contributed by atoms with Gasteiger partial charge in [-0.2, -0.15) is 4.98 Å². The van der Waals surface area contributed by atoms with Crippen molar-refractivity contribution in [2.75, 3.05) is 25.1 Å². The molecule has 2 rings (SSSR count). The lowest BCUT2D eigenvalue weighted by molar-refractivity contribution is 0.124. The number of halogens is 2. The zero-order valence-corrected chi connectivity index (χ0v) is 10.8. The summed E-state index contributed by atoms with van der Waals surface area (Å²) in [6.45, 7) is 2.36. The Morgan fingerprint density at radius 2 is 2.12 bits per heavy atom. The van der Waals surface area contributed by atoms with Gasteiger partial charge in [0, 0.05) is 19.8 Å². The van der Waals surface area contributed by atoms with Crippen LogP contribution in [-0.4, -0.2) is 34.9 Å². The van der Waals surface area contributed by atoms with Crippen molar-refractivity contribution in [3.63, 3.8) is 0 Å². The molecule has 1 aliphatic rings. The topological polar surface area (TPSA) is 59.9 Å². The van der Waals surface area contributed by atoms with Gasteiger partial charge < -0.3 is 10.1 Å². The number of rotatable bonds is 7. The molecule has 1 fully saturated rings. The zero-order chi connectivity index (χ0) is 12.1. The Bertz CT molecular complexity index is 373. The van der Waals surface area contributed by atoms with Crippen LogP contribution in [0.2, 0.25) is 10.4 Å². The molecule has 1 aromatic rings. The Kier molecular flexibility index (Phi) is 4.76. The van der Waals surface area contributed by atoms with Gasteiger partial charge in [0.05, 0.1) is 0 Å². The van der Waals surface area contributed by atoms with Crippen molar-refractivity contribution in [2.24, 2.45) is 5.92 Å². The molecule has 0 radical (unpaired) electrons. The lowest BCUT2D eigenvalue weighted by atomic mass is 10.4. The lowest BCUT2D eigenvalue weighted by Crippen LogP contribution is -2.09.